The summed E-state index contributed by atoms with van der Waals surface area (Å²) in [4.78, 5) is 31.3. The number of methoxy groups -OCH3 is 1. The first-order valence-electron chi connectivity index (χ1n) is 11.6. The fraction of sp³-hybridized carbons (Fsp3) is 0.500. The van der Waals surface area contributed by atoms with E-state index < -0.39 is 18.3 Å². The van der Waals surface area contributed by atoms with Crippen LogP contribution < -0.4 is 5.32 Å². The SMILES string of the molecule is COC(=O)c1c(NC(=O)Cn2nc(C)c3c(C(F)F)cc(C4CC4)nc32)sc2c1CCCCC2. The number of fused-ring (bicyclic) bond motifs is 2. The molecule has 2 aliphatic carbocycles. The smallest absolute Gasteiger partial charge is 0.341 e. The van der Waals surface area contributed by atoms with Crippen molar-refractivity contribution in [1.29, 1.82) is 0 Å². The molecule has 3 heterocycles. The number of hydrogen-bond acceptors (Lipinski definition) is 6. The van der Waals surface area contributed by atoms with Gasteiger partial charge in [-0.3, -0.25) is 4.79 Å². The lowest BCUT2D eigenvalue weighted by Gasteiger charge is -2.09. The Kier molecular flexibility index (Phi) is 6.09. The molecule has 0 aliphatic heterocycles. The number of ether oxygens (including phenoxy) is 1. The van der Waals surface area contributed by atoms with Crippen LogP contribution in [0.3, 0.4) is 0 Å². The Bertz CT molecular complexity index is 1280. The minimum atomic E-state index is -2.66. The molecule has 0 bridgehead atoms. The molecule has 2 aliphatic rings. The molecule has 7 nitrogen and oxygen atoms in total. The van der Waals surface area contributed by atoms with Gasteiger partial charge in [0.1, 0.15) is 11.5 Å². The van der Waals surface area contributed by atoms with Crippen LogP contribution in [-0.4, -0.2) is 33.8 Å². The number of anilines is 1. The predicted molar refractivity (Wildman–Crippen MR) is 125 cm³/mol. The monoisotopic (exact) mass is 488 g/mol. The lowest BCUT2D eigenvalue weighted by Crippen LogP contribution is -2.21. The molecule has 0 unspecified atom stereocenters. The molecule has 1 fully saturated rings. The maximum absolute atomic E-state index is 13.8. The molecule has 0 aromatic carbocycles. The largest absolute Gasteiger partial charge is 0.465 e. The third-order valence-electron chi connectivity index (χ3n) is 6.52. The first kappa shape index (κ1) is 22.9. The first-order chi connectivity index (χ1) is 16.4. The van der Waals surface area contributed by atoms with E-state index in [4.69, 9.17) is 4.74 Å². The van der Waals surface area contributed by atoms with Crippen molar-refractivity contribution in [3.8, 4) is 0 Å². The fourth-order valence-corrected chi connectivity index (χ4v) is 6.02. The van der Waals surface area contributed by atoms with Gasteiger partial charge >= 0.3 is 5.97 Å². The number of hydrogen-bond donors (Lipinski definition) is 1. The normalized spacial score (nSPS) is 15.9. The quantitative estimate of drug-likeness (QED) is 0.375. The number of carbonyl (C=O) groups is 2. The summed E-state index contributed by atoms with van der Waals surface area (Å²) in [6, 6.07) is 1.48. The van der Waals surface area contributed by atoms with Gasteiger partial charge in [-0.25, -0.2) is 23.2 Å². The van der Waals surface area contributed by atoms with E-state index in [-0.39, 0.29) is 18.0 Å². The number of pyridine rings is 1. The van der Waals surface area contributed by atoms with Gasteiger partial charge in [0.2, 0.25) is 5.91 Å². The van der Waals surface area contributed by atoms with Crippen molar-refractivity contribution in [2.24, 2.45) is 0 Å². The molecule has 0 spiro atoms. The van der Waals surface area contributed by atoms with Gasteiger partial charge in [-0.15, -0.1) is 11.3 Å². The van der Waals surface area contributed by atoms with Crippen molar-refractivity contribution in [3.63, 3.8) is 0 Å². The zero-order chi connectivity index (χ0) is 24.0. The molecular formula is C24H26F2N4O3S. The molecular weight excluding hydrogens is 462 g/mol. The minimum Gasteiger partial charge on any atom is -0.465 e. The summed E-state index contributed by atoms with van der Waals surface area (Å²) in [5, 5.41) is 7.98. The van der Waals surface area contributed by atoms with Crippen molar-refractivity contribution in [2.75, 3.05) is 12.4 Å². The molecule has 1 N–H and O–H groups in total. The Labute approximate surface area is 199 Å². The van der Waals surface area contributed by atoms with Gasteiger partial charge in [0, 0.05) is 22.1 Å². The lowest BCUT2D eigenvalue weighted by atomic mass is 10.1. The van der Waals surface area contributed by atoms with Crippen LogP contribution in [0.5, 0.6) is 0 Å². The summed E-state index contributed by atoms with van der Waals surface area (Å²) >= 11 is 1.41. The maximum atomic E-state index is 13.8. The number of halogens is 2. The van der Waals surface area contributed by atoms with Crippen LogP contribution in [0.15, 0.2) is 6.07 Å². The third-order valence-corrected chi connectivity index (χ3v) is 7.72. The summed E-state index contributed by atoms with van der Waals surface area (Å²) in [5.41, 5.74) is 2.62. The lowest BCUT2D eigenvalue weighted by molar-refractivity contribution is -0.116. The number of thiophene rings is 1. The van der Waals surface area contributed by atoms with E-state index in [2.05, 4.69) is 15.4 Å². The number of amides is 1. The van der Waals surface area contributed by atoms with Crippen molar-refractivity contribution < 1.29 is 23.1 Å². The molecule has 0 saturated heterocycles. The molecule has 3 aromatic rings. The highest BCUT2D eigenvalue weighted by atomic mass is 32.1. The van der Waals surface area contributed by atoms with E-state index in [1.165, 1.54) is 29.2 Å². The second kappa shape index (κ2) is 9.05. The average Bonchev–Trinajstić information content (AvgIpc) is 3.58. The molecule has 3 aromatic heterocycles. The summed E-state index contributed by atoms with van der Waals surface area (Å²) in [6.07, 6.45) is 3.97. The number of esters is 1. The Morgan fingerprint density at radius 3 is 2.74 bits per heavy atom. The molecule has 1 amide bonds. The van der Waals surface area contributed by atoms with E-state index >= 15 is 0 Å². The molecule has 180 valence electrons. The average molecular weight is 489 g/mol. The zero-order valence-electron chi connectivity index (χ0n) is 19.1. The molecule has 5 rings (SSSR count). The minimum absolute atomic E-state index is 0.0916. The predicted octanol–water partition coefficient (Wildman–Crippen LogP) is 5.31. The van der Waals surface area contributed by atoms with Crippen LogP contribution in [0.4, 0.5) is 13.8 Å². The number of carbonyl (C=O) groups excluding carboxylic acids is 2. The Balaban J connectivity index is 1.47. The highest BCUT2D eigenvalue weighted by molar-refractivity contribution is 7.17. The van der Waals surface area contributed by atoms with Crippen molar-refractivity contribution in [1.82, 2.24) is 14.8 Å². The molecule has 1 saturated carbocycles. The van der Waals surface area contributed by atoms with Gasteiger partial charge in [-0.2, -0.15) is 5.10 Å². The van der Waals surface area contributed by atoms with E-state index in [9.17, 15) is 18.4 Å². The number of aromatic nitrogens is 3. The van der Waals surface area contributed by atoms with E-state index in [0.717, 1.165) is 55.4 Å². The van der Waals surface area contributed by atoms with Crippen LogP contribution in [0.2, 0.25) is 0 Å². The number of nitrogens with zero attached hydrogens (tertiary/aromatic N) is 3. The van der Waals surface area contributed by atoms with Crippen molar-refractivity contribution in [2.45, 2.75) is 70.8 Å². The number of nitrogens with one attached hydrogen (secondary N) is 1. The summed E-state index contributed by atoms with van der Waals surface area (Å²) in [6.45, 7) is 1.45. The first-order valence-corrected chi connectivity index (χ1v) is 12.4. The molecule has 0 radical (unpaired) electrons. The standard InChI is InChI=1S/C24H26F2N4O3S/c1-12-19-15(21(25)26)10-16(13-8-9-13)27-22(19)30(29-12)11-18(31)28-23-20(24(32)33-2)14-6-4-3-5-7-17(14)34-23/h10,13,21H,3-9,11H2,1-2H3,(H,28,31). The van der Waals surface area contributed by atoms with Gasteiger partial charge in [0.05, 0.1) is 23.8 Å². The number of aryl methyl sites for hydroxylation is 2. The summed E-state index contributed by atoms with van der Waals surface area (Å²) < 4.78 is 34.0. The second-order valence-corrected chi connectivity index (χ2v) is 10.1. The second-order valence-electron chi connectivity index (χ2n) is 8.96. The maximum Gasteiger partial charge on any atom is 0.341 e. The summed E-state index contributed by atoms with van der Waals surface area (Å²) in [7, 11) is 1.33. The summed E-state index contributed by atoms with van der Waals surface area (Å²) in [5.74, 6) is -0.681. The van der Waals surface area contributed by atoms with Gasteiger partial charge in [-0.1, -0.05) is 6.42 Å². The van der Waals surface area contributed by atoms with Gasteiger partial charge < -0.3 is 10.1 Å². The van der Waals surface area contributed by atoms with Gasteiger partial charge in [0.15, 0.2) is 5.65 Å². The van der Waals surface area contributed by atoms with E-state index in [1.807, 2.05) is 0 Å². The van der Waals surface area contributed by atoms with Crippen LogP contribution in [0.25, 0.3) is 11.0 Å². The molecule has 0 atom stereocenters. The zero-order valence-corrected chi connectivity index (χ0v) is 19.9. The van der Waals surface area contributed by atoms with E-state index in [1.54, 1.807) is 6.92 Å². The topological polar surface area (TPSA) is 86.1 Å². The molecule has 34 heavy (non-hydrogen) atoms. The van der Waals surface area contributed by atoms with Crippen molar-refractivity contribution >= 4 is 39.2 Å². The van der Waals surface area contributed by atoms with Crippen LogP contribution >= 0.6 is 11.3 Å². The van der Waals surface area contributed by atoms with E-state index in [0.29, 0.717) is 33.0 Å². The van der Waals surface area contributed by atoms with Crippen molar-refractivity contribution in [3.05, 3.63) is 39.0 Å². The highest BCUT2D eigenvalue weighted by Crippen LogP contribution is 2.42. The number of rotatable bonds is 6. The highest BCUT2D eigenvalue weighted by Gasteiger charge is 2.30. The fourth-order valence-electron chi connectivity index (χ4n) is 4.73. The van der Waals surface area contributed by atoms with Crippen LogP contribution in [0.1, 0.15) is 82.2 Å². The van der Waals surface area contributed by atoms with Crippen LogP contribution in [-0.2, 0) is 28.9 Å². The third kappa shape index (κ3) is 4.19. The Morgan fingerprint density at radius 1 is 1.26 bits per heavy atom. The van der Waals surface area contributed by atoms with Crippen LogP contribution in [0, 0.1) is 6.92 Å². The van der Waals surface area contributed by atoms with Gasteiger partial charge in [-0.05, 0) is 57.1 Å². The Morgan fingerprint density at radius 2 is 2.03 bits per heavy atom. The van der Waals surface area contributed by atoms with Gasteiger partial charge in [0.25, 0.3) is 6.43 Å². The number of alkyl halides is 2. The Hall–Kier alpha value is -2.88. The molecule has 10 heteroatoms.